The van der Waals surface area contributed by atoms with Crippen LogP contribution in [0.25, 0.3) is 11.4 Å². The Morgan fingerprint density at radius 3 is 2.48 bits per heavy atom. The zero-order chi connectivity index (χ0) is 15.4. The van der Waals surface area contributed by atoms with E-state index in [1.807, 2.05) is 0 Å². The van der Waals surface area contributed by atoms with E-state index >= 15 is 0 Å². The summed E-state index contributed by atoms with van der Waals surface area (Å²) >= 11 is 0. The summed E-state index contributed by atoms with van der Waals surface area (Å²) < 4.78 is 15.8. The normalized spacial score (nSPS) is 19.7. The van der Waals surface area contributed by atoms with Gasteiger partial charge in [-0.25, -0.2) is 9.07 Å². The maximum Gasteiger partial charge on any atom is 0.184 e. The summed E-state index contributed by atoms with van der Waals surface area (Å²) in [6.45, 7) is 9.65. The zero-order valence-corrected chi connectivity index (χ0v) is 12.8. The zero-order valence-electron chi connectivity index (χ0n) is 12.8. The standard InChI is InChI=1S/C15H20FN5/c1-14(2)12(15(14,3)4)8-21-13(18-19-20-21)10-6-5-9(17)7-11(10)16/h5-7,12H,8,17H2,1-4H3. The van der Waals surface area contributed by atoms with Crippen LogP contribution in [0.3, 0.4) is 0 Å². The van der Waals surface area contributed by atoms with Crippen LogP contribution in [-0.4, -0.2) is 20.2 Å². The van der Waals surface area contributed by atoms with Crippen LogP contribution in [0.1, 0.15) is 27.7 Å². The molecule has 1 fully saturated rings. The minimum atomic E-state index is -0.402. The van der Waals surface area contributed by atoms with Crippen molar-refractivity contribution >= 4 is 5.69 Å². The first-order valence-corrected chi connectivity index (χ1v) is 7.06. The number of benzene rings is 1. The Morgan fingerprint density at radius 1 is 1.24 bits per heavy atom. The fourth-order valence-corrected chi connectivity index (χ4v) is 3.20. The molecule has 1 aliphatic carbocycles. The maximum atomic E-state index is 14.1. The summed E-state index contributed by atoms with van der Waals surface area (Å²) in [5.74, 6) is 0.510. The number of hydrogen-bond donors (Lipinski definition) is 1. The molecule has 1 heterocycles. The third-order valence-corrected chi connectivity index (χ3v) is 5.44. The molecule has 2 aromatic rings. The Labute approximate surface area is 123 Å². The second kappa shape index (κ2) is 4.26. The van der Waals surface area contributed by atoms with Crippen LogP contribution in [-0.2, 0) is 6.54 Å². The summed E-state index contributed by atoms with van der Waals surface area (Å²) in [7, 11) is 0. The molecule has 21 heavy (non-hydrogen) atoms. The molecule has 6 heteroatoms. The number of rotatable bonds is 3. The number of anilines is 1. The molecular weight excluding hydrogens is 269 g/mol. The predicted octanol–water partition coefficient (Wildman–Crippen LogP) is 2.74. The smallest absolute Gasteiger partial charge is 0.184 e. The summed E-state index contributed by atoms with van der Waals surface area (Å²) in [5.41, 5.74) is 6.82. The SMILES string of the molecule is CC1(C)C(Cn2nnnc2-c2ccc(N)cc2F)C1(C)C. The number of tetrazole rings is 1. The molecule has 0 radical (unpaired) electrons. The highest BCUT2D eigenvalue weighted by Crippen LogP contribution is 2.68. The van der Waals surface area contributed by atoms with Crippen molar-refractivity contribution < 1.29 is 4.39 Å². The molecule has 5 nitrogen and oxygen atoms in total. The average molecular weight is 289 g/mol. The van der Waals surface area contributed by atoms with Crippen molar-refractivity contribution in [2.45, 2.75) is 34.2 Å². The van der Waals surface area contributed by atoms with Crippen LogP contribution < -0.4 is 5.73 Å². The third-order valence-electron chi connectivity index (χ3n) is 5.44. The maximum absolute atomic E-state index is 14.1. The highest BCUT2D eigenvalue weighted by Gasteiger charge is 2.64. The van der Waals surface area contributed by atoms with Gasteiger partial charge in [-0.15, -0.1) is 5.10 Å². The topological polar surface area (TPSA) is 69.6 Å². The number of nitrogen functional groups attached to an aromatic ring is 1. The molecule has 0 spiro atoms. The van der Waals surface area contributed by atoms with Gasteiger partial charge in [-0.3, -0.25) is 0 Å². The fourth-order valence-electron chi connectivity index (χ4n) is 3.20. The van der Waals surface area contributed by atoms with Crippen LogP contribution in [0.5, 0.6) is 0 Å². The first-order chi connectivity index (χ1) is 9.75. The highest BCUT2D eigenvalue weighted by molar-refractivity contribution is 5.59. The number of halogens is 1. The molecule has 1 saturated carbocycles. The van der Waals surface area contributed by atoms with Crippen molar-refractivity contribution in [1.29, 1.82) is 0 Å². The second-order valence-corrected chi connectivity index (χ2v) is 6.92. The van der Waals surface area contributed by atoms with Crippen molar-refractivity contribution in [3.8, 4) is 11.4 Å². The lowest BCUT2D eigenvalue weighted by atomic mass is 10.0. The number of nitrogens with two attached hydrogens (primary N) is 1. The van der Waals surface area contributed by atoms with Crippen molar-refractivity contribution in [2.24, 2.45) is 16.7 Å². The molecule has 0 saturated heterocycles. The van der Waals surface area contributed by atoms with Gasteiger partial charge in [0.2, 0.25) is 0 Å². The Hall–Kier alpha value is -1.98. The van der Waals surface area contributed by atoms with Crippen LogP contribution >= 0.6 is 0 Å². The Balaban J connectivity index is 1.92. The van der Waals surface area contributed by atoms with Gasteiger partial charge in [0.15, 0.2) is 5.82 Å². The Bertz CT molecular complexity index is 675. The monoisotopic (exact) mass is 289 g/mol. The van der Waals surface area contributed by atoms with E-state index in [9.17, 15) is 4.39 Å². The summed E-state index contributed by atoms with van der Waals surface area (Å²) in [6, 6.07) is 4.57. The minimum absolute atomic E-state index is 0.232. The van der Waals surface area contributed by atoms with Crippen molar-refractivity contribution in [3.05, 3.63) is 24.0 Å². The fraction of sp³-hybridized carbons (Fsp3) is 0.533. The lowest BCUT2D eigenvalue weighted by Crippen LogP contribution is -2.09. The van der Waals surface area contributed by atoms with E-state index < -0.39 is 5.82 Å². The number of nitrogens with zero attached hydrogens (tertiary/aromatic N) is 4. The molecule has 0 atom stereocenters. The van der Waals surface area contributed by atoms with Crippen molar-refractivity contribution in [2.75, 3.05) is 5.73 Å². The average Bonchev–Trinajstić information content (AvgIpc) is 2.73. The van der Waals surface area contributed by atoms with Gasteiger partial charge in [-0.05, 0) is 45.4 Å². The van der Waals surface area contributed by atoms with Crippen LogP contribution in [0.4, 0.5) is 10.1 Å². The van der Waals surface area contributed by atoms with Crippen LogP contribution in [0, 0.1) is 22.6 Å². The molecule has 1 aliphatic rings. The third kappa shape index (κ3) is 2.01. The largest absolute Gasteiger partial charge is 0.399 e. The Morgan fingerprint density at radius 2 is 1.90 bits per heavy atom. The van der Waals surface area contributed by atoms with Crippen molar-refractivity contribution in [1.82, 2.24) is 20.2 Å². The van der Waals surface area contributed by atoms with Crippen molar-refractivity contribution in [3.63, 3.8) is 0 Å². The van der Waals surface area contributed by atoms with Crippen LogP contribution in [0.15, 0.2) is 18.2 Å². The van der Waals surface area contributed by atoms with Gasteiger partial charge in [-0.2, -0.15) is 0 Å². The number of aromatic nitrogens is 4. The van der Waals surface area contributed by atoms with Crippen LogP contribution in [0.2, 0.25) is 0 Å². The van der Waals surface area contributed by atoms with E-state index in [1.54, 1.807) is 16.8 Å². The highest BCUT2D eigenvalue weighted by atomic mass is 19.1. The molecule has 0 aliphatic heterocycles. The molecule has 1 aromatic heterocycles. The molecule has 0 bridgehead atoms. The van der Waals surface area contributed by atoms with E-state index in [-0.39, 0.29) is 10.8 Å². The van der Waals surface area contributed by atoms with E-state index in [0.29, 0.717) is 29.5 Å². The molecule has 1 aromatic carbocycles. The Kier molecular flexibility index (Phi) is 2.83. The summed E-state index contributed by atoms with van der Waals surface area (Å²) in [5, 5.41) is 11.7. The molecule has 3 rings (SSSR count). The van der Waals surface area contributed by atoms with Gasteiger partial charge in [0.05, 0.1) is 5.56 Å². The van der Waals surface area contributed by atoms with E-state index in [1.165, 1.54) is 6.07 Å². The summed E-state index contributed by atoms with van der Waals surface area (Å²) in [6.07, 6.45) is 0. The predicted molar refractivity (Wildman–Crippen MR) is 78.7 cm³/mol. The lowest BCUT2D eigenvalue weighted by molar-refractivity contribution is 0.457. The molecular formula is C15H20FN5. The minimum Gasteiger partial charge on any atom is -0.399 e. The van der Waals surface area contributed by atoms with E-state index in [4.69, 9.17) is 5.73 Å². The van der Waals surface area contributed by atoms with E-state index in [2.05, 4.69) is 43.2 Å². The lowest BCUT2D eigenvalue weighted by Gasteiger charge is -2.07. The molecule has 0 amide bonds. The second-order valence-electron chi connectivity index (χ2n) is 6.92. The summed E-state index contributed by atoms with van der Waals surface area (Å²) in [4.78, 5) is 0. The quantitative estimate of drug-likeness (QED) is 0.882. The van der Waals surface area contributed by atoms with Gasteiger partial charge in [0.25, 0.3) is 0 Å². The van der Waals surface area contributed by atoms with E-state index in [0.717, 1.165) is 0 Å². The first-order valence-electron chi connectivity index (χ1n) is 7.06. The molecule has 112 valence electrons. The number of hydrogen-bond acceptors (Lipinski definition) is 4. The van der Waals surface area contributed by atoms with Gasteiger partial charge < -0.3 is 5.73 Å². The first kappa shape index (κ1) is 14.0. The van der Waals surface area contributed by atoms with Gasteiger partial charge in [0, 0.05) is 12.2 Å². The van der Waals surface area contributed by atoms with Gasteiger partial charge in [0.1, 0.15) is 5.82 Å². The molecule has 0 unspecified atom stereocenters. The molecule has 2 N–H and O–H groups in total. The van der Waals surface area contributed by atoms with Gasteiger partial charge >= 0.3 is 0 Å². The van der Waals surface area contributed by atoms with Gasteiger partial charge in [-0.1, -0.05) is 27.7 Å².